The molecule has 53 heavy (non-hydrogen) atoms. The molecule has 9 N–H and O–H groups in total. The number of rotatable bonds is 8. The van der Waals surface area contributed by atoms with Crippen LogP contribution in [0.15, 0.2) is 72.2 Å². The van der Waals surface area contributed by atoms with Gasteiger partial charge in [0, 0.05) is 59.4 Å². The predicted molar refractivity (Wildman–Crippen MR) is 206 cm³/mol. The number of aromatic amines is 1. The minimum atomic E-state index is -1.18. The Morgan fingerprint density at radius 3 is 2.51 bits per heavy atom. The summed E-state index contributed by atoms with van der Waals surface area (Å²) in [6.07, 6.45) is 16.0. The van der Waals surface area contributed by atoms with Crippen molar-refractivity contribution in [2.45, 2.75) is 126 Å². The molecule has 4 aliphatic carbocycles. The molecule has 0 saturated heterocycles. The molecule has 1 aliphatic heterocycles. The Labute approximate surface area is 314 Å². The first-order valence-electron chi connectivity index (χ1n) is 20.1. The summed E-state index contributed by atoms with van der Waals surface area (Å²) >= 11 is 0. The van der Waals surface area contributed by atoms with Crippen LogP contribution in [0, 0.1) is 41.4 Å². The third kappa shape index (κ3) is 7.80. The number of H-pyrrole nitrogens is 1. The number of fused-ring (bicyclic) bond motifs is 1. The number of phenolic OH excluding ortho intramolecular Hbond substituents is 1. The van der Waals surface area contributed by atoms with E-state index in [1.165, 1.54) is 0 Å². The molecule has 0 spiro atoms. The quantitative estimate of drug-likeness (QED) is 0.128. The van der Waals surface area contributed by atoms with E-state index in [1.54, 1.807) is 6.07 Å². The molecule has 2 saturated carbocycles. The number of aromatic nitrogens is 1. The van der Waals surface area contributed by atoms with Crippen LogP contribution in [0.4, 0.5) is 0 Å². The maximum Gasteiger partial charge on any atom is 0.161 e. The molecule has 0 bridgehead atoms. The van der Waals surface area contributed by atoms with Crippen molar-refractivity contribution in [2.75, 3.05) is 6.54 Å². The second-order valence-corrected chi connectivity index (χ2v) is 16.4. The molecule has 0 radical (unpaired) electrons. The van der Waals surface area contributed by atoms with Gasteiger partial charge in [-0.3, -0.25) is 0 Å². The lowest BCUT2D eigenvalue weighted by molar-refractivity contribution is -0.114. The number of nitrogens with one attached hydrogen (secondary N) is 2. The van der Waals surface area contributed by atoms with Crippen LogP contribution in [0.5, 0.6) is 11.5 Å². The number of phenols is 1. The Balaban J connectivity index is 1.22. The van der Waals surface area contributed by atoms with Gasteiger partial charge in [0.2, 0.25) is 0 Å². The molecule has 1 aromatic carbocycles. The minimum absolute atomic E-state index is 0.0549. The Morgan fingerprint density at radius 2 is 1.75 bits per heavy atom. The molecule has 2 heterocycles. The van der Waals surface area contributed by atoms with Gasteiger partial charge in [-0.05, 0) is 92.8 Å². The number of benzene rings is 1. The molecule has 2 fully saturated rings. The number of aliphatic hydroxyl groups is 4. The molecule has 5 aliphatic rings. The SMILES string of the molecule is CC[C@H]1C#C[C@@H]2C=C[C@H](c3ccc(O)c(O[C@@H]4[C@H](O)[C@H](O)CC[C@H]4[C@H](C4=CCNC(N)=C4)C4(c5ccc[nH]5)CCCC4)c3)C[C@@H](O)[C@H]2[C@@H](O)CCCC1. The zero-order valence-corrected chi connectivity index (χ0v) is 31.0. The minimum Gasteiger partial charge on any atom is -0.504 e. The standard InChI is InChI=1S/C44H59N3O6/c1-2-27-8-3-4-9-34(49)40-28(12-11-27)13-14-29(24-36(40)51)30-15-17-33(48)37(25-30)53-43-32(16-18-35(50)42(43)52)41(31-19-23-47-39(45)26-31)44(20-5-6-21-44)38-10-7-22-46-38/h7,10,13-15,17,19,22,25-29,32,34-36,40-43,46-52H,2-6,8-9,16,18,20-21,23-24,45H2,1H3/t27-,28-,29+,32+,34+,35-,36-,40-,41+,42-,43+/m1/s1. The molecule has 286 valence electrons. The van der Waals surface area contributed by atoms with Gasteiger partial charge in [-0.1, -0.05) is 68.7 Å². The number of allylic oxidation sites excluding steroid dienone is 4. The van der Waals surface area contributed by atoms with Crippen molar-refractivity contribution in [3.8, 4) is 23.3 Å². The van der Waals surface area contributed by atoms with E-state index < -0.39 is 36.4 Å². The summed E-state index contributed by atoms with van der Waals surface area (Å²) in [6, 6.07) is 9.48. The summed E-state index contributed by atoms with van der Waals surface area (Å²) in [6.45, 7) is 2.77. The molecule has 9 nitrogen and oxygen atoms in total. The van der Waals surface area contributed by atoms with E-state index in [4.69, 9.17) is 10.5 Å². The number of aromatic hydroxyl groups is 1. The second-order valence-electron chi connectivity index (χ2n) is 16.4. The topological polar surface area (TPSA) is 164 Å². The number of hydrogen-bond acceptors (Lipinski definition) is 8. The fourth-order valence-electron chi connectivity index (χ4n) is 10.4. The first kappa shape index (κ1) is 37.6. The highest BCUT2D eigenvalue weighted by Gasteiger charge is 2.53. The van der Waals surface area contributed by atoms with Crippen molar-refractivity contribution in [3.63, 3.8) is 0 Å². The summed E-state index contributed by atoms with van der Waals surface area (Å²) in [4.78, 5) is 3.54. The predicted octanol–water partition coefficient (Wildman–Crippen LogP) is 5.66. The summed E-state index contributed by atoms with van der Waals surface area (Å²) in [5.74, 6) is 6.84. The van der Waals surface area contributed by atoms with E-state index >= 15 is 0 Å². The van der Waals surface area contributed by atoms with Crippen LogP contribution < -0.4 is 15.8 Å². The first-order valence-corrected chi connectivity index (χ1v) is 20.1. The smallest absolute Gasteiger partial charge is 0.161 e. The third-order valence-electron chi connectivity index (χ3n) is 13.2. The molecular weight excluding hydrogens is 666 g/mol. The zero-order chi connectivity index (χ0) is 37.1. The Morgan fingerprint density at radius 1 is 0.943 bits per heavy atom. The molecule has 7 rings (SSSR count). The monoisotopic (exact) mass is 725 g/mol. The third-order valence-corrected chi connectivity index (χ3v) is 13.2. The number of dihydropyridines is 1. The van der Waals surface area contributed by atoms with Crippen molar-refractivity contribution in [1.29, 1.82) is 0 Å². The van der Waals surface area contributed by atoms with Crippen molar-refractivity contribution in [2.24, 2.45) is 35.3 Å². The lowest BCUT2D eigenvalue weighted by atomic mass is 9.59. The highest BCUT2D eigenvalue weighted by molar-refractivity contribution is 5.45. The number of ether oxygens (including phenoxy) is 1. The highest BCUT2D eigenvalue weighted by atomic mass is 16.5. The largest absolute Gasteiger partial charge is 0.504 e. The van der Waals surface area contributed by atoms with Crippen molar-refractivity contribution in [3.05, 3.63) is 83.5 Å². The van der Waals surface area contributed by atoms with E-state index in [0.29, 0.717) is 44.0 Å². The van der Waals surface area contributed by atoms with Gasteiger partial charge < -0.3 is 46.3 Å². The van der Waals surface area contributed by atoms with Crippen molar-refractivity contribution < 1.29 is 30.3 Å². The molecule has 11 atom stereocenters. The first-order chi connectivity index (χ1) is 25.7. The summed E-state index contributed by atoms with van der Waals surface area (Å²) in [7, 11) is 0. The van der Waals surface area contributed by atoms with E-state index in [-0.39, 0.29) is 40.6 Å². The zero-order valence-electron chi connectivity index (χ0n) is 31.0. The van der Waals surface area contributed by atoms with Crippen LogP contribution in [0.2, 0.25) is 0 Å². The number of hydrogen-bond donors (Lipinski definition) is 8. The number of aliphatic hydroxyl groups excluding tert-OH is 4. The summed E-state index contributed by atoms with van der Waals surface area (Å²) < 4.78 is 6.77. The van der Waals surface area contributed by atoms with Crippen LogP contribution in [0.25, 0.3) is 0 Å². The van der Waals surface area contributed by atoms with E-state index in [0.717, 1.165) is 68.2 Å². The molecule has 9 heteroatoms. The van der Waals surface area contributed by atoms with Gasteiger partial charge in [0.15, 0.2) is 11.5 Å². The lowest BCUT2D eigenvalue weighted by Crippen LogP contribution is -2.55. The highest BCUT2D eigenvalue weighted by Crippen LogP contribution is 2.55. The van der Waals surface area contributed by atoms with E-state index in [2.05, 4.69) is 53.4 Å². The van der Waals surface area contributed by atoms with Crippen LogP contribution >= 0.6 is 0 Å². The van der Waals surface area contributed by atoms with Gasteiger partial charge in [0.05, 0.1) is 24.1 Å². The van der Waals surface area contributed by atoms with Gasteiger partial charge in [0.25, 0.3) is 0 Å². The average Bonchev–Trinajstić information content (AvgIpc) is 3.84. The fourth-order valence-corrected chi connectivity index (χ4v) is 10.4. The Hall–Kier alpha value is -3.68. The molecule has 1 aromatic heterocycles. The normalized spacial score (nSPS) is 35.0. The maximum atomic E-state index is 11.8. The van der Waals surface area contributed by atoms with Crippen LogP contribution in [-0.2, 0) is 5.41 Å². The summed E-state index contributed by atoms with van der Waals surface area (Å²) in [5.41, 5.74) is 9.24. The van der Waals surface area contributed by atoms with Crippen LogP contribution in [0.3, 0.4) is 0 Å². The fraction of sp³-hybridized carbons (Fsp3) is 0.591. The molecule has 0 amide bonds. The summed E-state index contributed by atoms with van der Waals surface area (Å²) in [5, 5.41) is 60.2. The van der Waals surface area contributed by atoms with Gasteiger partial charge >= 0.3 is 0 Å². The van der Waals surface area contributed by atoms with Gasteiger partial charge in [-0.2, -0.15) is 0 Å². The van der Waals surface area contributed by atoms with Gasteiger partial charge in [0.1, 0.15) is 12.2 Å². The average molecular weight is 726 g/mol. The van der Waals surface area contributed by atoms with Crippen molar-refractivity contribution in [1.82, 2.24) is 10.3 Å². The van der Waals surface area contributed by atoms with Gasteiger partial charge in [-0.15, -0.1) is 0 Å². The van der Waals surface area contributed by atoms with Crippen molar-refractivity contribution >= 4 is 0 Å². The van der Waals surface area contributed by atoms with E-state index in [1.807, 2.05) is 30.5 Å². The Bertz CT molecular complexity index is 1700. The Kier molecular flexibility index (Phi) is 11.6. The second kappa shape index (κ2) is 16.4. The molecule has 2 aromatic rings. The molecule has 0 unspecified atom stereocenters. The maximum absolute atomic E-state index is 11.8. The van der Waals surface area contributed by atoms with Crippen LogP contribution in [-0.4, -0.2) is 67.6 Å². The van der Waals surface area contributed by atoms with E-state index in [9.17, 15) is 25.5 Å². The van der Waals surface area contributed by atoms with Crippen LogP contribution in [0.1, 0.15) is 101 Å². The molecular formula is C44H59N3O6. The lowest BCUT2D eigenvalue weighted by Gasteiger charge is -2.49. The number of nitrogens with two attached hydrogens (primary N) is 1. The van der Waals surface area contributed by atoms with Gasteiger partial charge in [-0.25, -0.2) is 0 Å².